The van der Waals surface area contributed by atoms with Gasteiger partial charge < -0.3 is 24.4 Å². The first kappa shape index (κ1) is 24.9. The van der Waals surface area contributed by atoms with Gasteiger partial charge in [-0.1, -0.05) is 6.58 Å². The number of hydrogen-bond acceptors (Lipinski definition) is 8. The maximum atomic E-state index is 15.4. The predicted molar refractivity (Wildman–Crippen MR) is 154 cm³/mol. The van der Waals surface area contributed by atoms with Crippen molar-refractivity contribution in [2.45, 2.75) is 25.4 Å². The molecule has 41 heavy (non-hydrogen) atoms. The number of piperazine rings is 1. The molecule has 11 heteroatoms. The highest BCUT2D eigenvalue weighted by Gasteiger charge is 2.46. The van der Waals surface area contributed by atoms with Crippen LogP contribution in [0.5, 0.6) is 11.5 Å². The lowest BCUT2D eigenvalue weighted by molar-refractivity contribution is -0.140. The third-order valence-corrected chi connectivity index (χ3v) is 7.86. The van der Waals surface area contributed by atoms with E-state index in [1.165, 1.54) is 18.5 Å². The number of amides is 1. The van der Waals surface area contributed by atoms with Crippen LogP contribution in [0.4, 0.5) is 21.7 Å². The zero-order valence-corrected chi connectivity index (χ0v) is 22.6. The number of hydrogen-bond donors (Lipinski definition) is 1. The molecule has 3 saturated heterocycles. The Bertz CT molecular complexity index is 1840. The summed E-state index contributed by atoms with van der Waals surface area (Å²) in [5.41, 5.74) is 3.94. The van der Waals surface area contributed by atoms with Gasteiger partial charge in [0.2, 0.25) is 5.91 Å². The van der Waals surface area contributed by atoms with E-state index in [2.05, 4.69) is 31.7 Å². The van der Waals surface area contributed by atoms with Gasteiger partial charge in [-0.25, -0.2) is 24.3 Å². The molecule has 2 bridgehead atoms. The molecule has 8 rings (SSSR count). The monoisotopic (exact) mass is 550 g/mol. The van der Waals surface area contributed by atoms with Gasteiger partial charge in [0.15, 0.2) is 5.82 Å². The van der Waals surface area contributed by atoms with Gasteiger partial charge in [0.25, 0.3) is 0 Å². The number of nitrogens with one attached hydrogen (secondary N) is 1. The minimum absolute atomic E-state index is 0.0275. The fourth-order valence-corrected chi connectivity index (χ4v) is 5.76. The van der Waals surface area contributed by atoms with Crippen LogP contribution < -0.4 is 15.0 Å². The average Bonchev–Trinajstić information content (AvgIpc) is 3.35. The summed E-state index contributed by atoms with van der Waals surface area (Å²) in [6.07, 6.45) is 5.52. The molecule has 206 valence electrons. The second kappa shape index (κ2) is 9.54. The quantitative estimate of drug-likeness (QED) is 0.299. The van der Waals surface area contributed by atoms with Gasteiger partial charge >= 0.3 is 0 Å². The number of benzene rings is 2. The van der Waals surface area contributed by atoms with Crippen molar-refractivity contribution in [2.75, 3.05) is 23.3 Å². The van der Waals surface area contributed by atoms with Gasteiger partial charge in [-0.15, -0.1) is 0 Å². The third kappa shape index (κ3) is 4.30. The molecular weight excluding hydrogens is 523 g/mol. The Morgan fingerprint density at radius 1 is 1.10 bits per heavy atom. The summed E-state index contributed by atoms with van der Waals surface area (Å²) in [5, 5.41) is 3.11. The third-order valence-electron chi connectivity index (χ3n) is 7.86. The van der Waals surface area contributed by atoms with Crippen LogP contribution in [-0.4, -0.2) is 60.5 Å². The summed E-state index contributed by atoms with van der Waals surface area (Å²) in [6, 6.07) is 12.7. The van der Waals surface area contributed by atoms with Crippen LogP contribution in [0.25, 0.3) is 22.1 Å². The maximum absolute atomic E-state index is 15.4. The van der Waals surface area contributed by atoms with E-state index >= 15 is 4.39 Å². The molecule has 6 heterocycles. The first-order valence-corrected chi connectivity index (χ1v) is 13.4. The highest BCUT2D eigenvalue weighted by atomic mass is 19.1. The van der Waals surface area contributed by atoms with E-state index < -0.39 is 5.82 Å². The van der Waals surface area contributed by atoms with Crippen molar-refractivity contribution in [3.8, 4) is 11.5 Å². The highest BCUT2D eigenvalue weighted by molar-refractivity contribution is 5.89. The van der Waals surface area contributed by atoms with Crippen LogP contribution in [0.2, 0.25) is 0 Å². The SMILES string of the molecule is C=CC(=O)N1C2CC1CN(c1ccc3ncnc(Nc4cc(C)c(Oc5ccc6c(c5)ncn6C)cc4F)c3n1)C2. The Morgan fingerprint density at radius 2 is 1.93 bits per heavy atom. The topological polar surface area (TPSA) is 101 Å². The highest BCUT2D eigenvalue weighted by Crippen LogP contribution is 2.36. The number of aryl methyl sites for hydroxylation is 2. The Morgan fingerprint density at radius 3 is 2.73 bits per heavy atom. The largest absolute Gasteiger partial charge is 0.457 e. The number of carbonyl (C=O) groups is 1. The number of halogens is 1. The van der Waals surface area contributed by atoms with E-state index in [1.54, 1.807) is 12.4 Å². The summed E-state index contributed by atoms with van der Waals surface area (Å²) >= 11 is 0. The second-order valence-corrected chi connectivity index (χ2v) is 10.5. The molecule has 0 radical (unpaired) electrons. The molecule has 3 aromatic heterocycles. The van der Waals surface area contributed by atoms with Crippen molar-refractivity contribution in [2.24, 2.45) is 7.05 Å². The number of rotatable bonds is 6. The molecule has 2 atom stereocenters. The fraction of sp³-hybridized carbons (Fsp3) is 0.233. The summed E-state index contributed by atoms with van der Waals surface area (Å²) in [4.78, 5) is 34.2. The number of pyridine rings is 1. The minimum atomic E-state index is -0.490. The number of anilines is 3. The molecule has 1 amide bonds. The van der Waals surface area contributed by atoms with Gasteiger partial charge in [-0.05, 0) is 55.3 Å². The second-order valence-electron chi connectivity index (χ2n) is 10.5. The standard InChI is InChI=1S/C30H27FN8O2/c1-4-28(40)39-18-10-19(39)14-38(13-18)27-8-6-22-29(36-27)30(33-15-32-22)35-23-9-17(2)26(12-21(23)31)41-20-5-7-25-24(11-20)34-16-37(25)3/h4-9,11-12,15-16,18-19H,1,10,13-14H2,2-3H3,(H,32,33,35). The number of fused-ring (bicyclic) bond motifs is 4. The maximum Gasteiger partial charge on any atom is 0.246 e. The summed E-state index contributed by atoms with van der Waals surface area (Å²) in [7, 11) is 1.93. The number of nitrogens with zero attached hydrogens (tertiary/aromatic N) is 7. The first-order valence-electron chi connectivity index (χ1n) is 13.4. The Hall–Kier alpha value is -5.06. The van der Waals surface area contributed by atoms with E-state index in [-0.39, 0.29) is 23.7 Å². The predicted octanol–water partition coefficient (Wildman–Crippen LogP) is 4.87. The van der Waals surface area contributed by atoms with Crippen LogP contribution in [0.1, 0.15) is 12.0 Å². The van der Waals surface area contributed by atoms with E-state index in [0.717, 1.165) is 28.8 Å². The lowest BCUT2D eigenvalue weighted by Gasteiger charge is -2.56. The van der Waals surface area contributed by atoms with Crippen molar-refractivity contribution in [3.05, 3.63) is 79.2 Å². The molecule has 0 spiro atoms. The van der Waals surface area contributed by atoms with E-state index in [0.29, 0.717) is 41.4 Å². The molecular formula is C30H27FN8O2. The number of carbonyl (C=O) groups excluding carboxylic acids is 1. The molecule has 0 saturated carbocycles. The van der Waals surface area contributed by atoms with Crippen molar-refractivity contribution >= 4 is 45.3 Å². The Kier molecular flexibility index (Phi) is 5.81. The molecule has 3 aliphatic rings. The minimum Gasteiger partial charge on any atom is -0.457 e. The molecule has 3 fully saturated rings. The van der Waals surface area contributed by atoms with Crippen molar-refractivity contribution in [3.63, 3.8) is 0 Å². The van der Waals surface area contributed by atoms with Crippen LogP contribution in [0.3, 0.4) is 0 Å². The molecule has 5 aromatic rings. The smallest absolute Gasteiger partial charge is 0.246 e. The van der Waals surface area contributed by atoms with Crippen LogP contribution in [-0.2, 0) is 11.8 Å². The van der Waals surface area contributed by atoms with Crippen LogP contribution in [0, 0.1) is 12.7 Å². The van der Waals surface area contributed by atoms with Crippen LogP contribution in [0.15, 0.2) is 67.8 Å². The molecule has 10 nitrogen and oxygen atoms in total. The molecule has 3 aliphatic heterocycles. The number of piperidine rings is 1. The number of aromatic nitrogens is 5. The molecule has 2 unspecified atom stereocenters. The summed E-state index contributed by atoms with van der Waals surface area (Å²) in [6.45, 7) is 6.85. The van der Waals surface area contributed by atoms with Gasteiger partial charge in [-0.3, -0.25) is 4.79 Å². The van der Waals surface area contributed by atoms with Crippen LogP contribution >= 0.6 is 0 Å². The van der Waals surface area contributed by atoms with Crippen molar-refractivity contribution < 1.29 is 13.9 Å². The van der Waals surface area contributed by atoms with Gasteiger partial charge in [0.1, 0.15) is 35.0 Å². The summed E-state index contributed by atoms with van der Waals surface area (Å²) < 4.78 is 23.3. The molecule has 1 N–H and O–H groups in total. The van der Waals surface area contributed by atoms with Gasteiger partial charge in [-0.2, -0.15) is 0 Å². The van der Waals surface area contributed by atoms with Gasteiger partial charge in [0, 0.05) is 32.3 Å². The van der Waals surface area contributed by atoms with E-state index in [4.69, 9.17) is 9.72 Å². The Labute approximate surface area is 235 Å². The lowest BCUT2D eigenvalue weighted by Crippen LogP contribution is -2.70. The zero-order chi connectivity index (χ0) is 28.2. The number of imidazole rings is 1. The normalized spacial score (nSPS) is 17.9. The van der Waals surface area contributed by atoms with E-state index in [9.17, 15) is 4.79 Å². The van der Waals surface area contributed by atoms with Crippen molar-refractivity contribution in [1.29, 1.82) is 0 Å². The number of ether oxygens (including phenoxy) is 1. The fourth-order valence-electron chi connectivity index (χ4n) is 5.76. The molecule has 0 aliphatic carbocycles. The zero-order valence-electron chi connectivity index (χ0n) is 22.6. The van der Waals surface area contributed by atoms with E-state index in [1.807, 2.05) is 53.8 Å². The first-order chi connectivity index (χ1) is 19.9. The van der Waals surface area contributed by atoms with Gasteiger partial charge in [0.05, 0.1) is 40.6 Å². The molecule has 2 aromatic carbocycles. The summed E-state index contributed by atoms with van der Waals surface area (Å²) in [5.74, 6) is 1.63. The van der Waals surface area contributed by atoms with Crippen molar-refractivity contribution in [1.82, 2.24) is 29.4 Å². The Balaban J connectivity index is 1.13. The lowest BCUT2D eigenvalue weighted by atomic mass is 9.87. The average molecular weight is 551 g/mol.